The van der Waals surface area contributed by atoms with E-state index in [1.54, 1.807) is 0 Å². The average Bonchev–Trinajstić information content (AvgIpc) is 2.41. The van der Waals surface area contributed by atoms with Crippen molar-refractivity contribution in [3.8, 4) is 0 Å². The second kappa shape index (κ2) is 5.85. The first-order valence-electron chi connectivity index (χ1n) is 5.75. The van der Waals surface area contributed by atoms with Gasteiger partial charge in [0.05, 0.1) is 5.56 Å². The molecule has 2 nitrogen and oxygen atoms in total. The zero-order chi connectivity index (χ0) is 15.6. The third-order valence-corrected chi connectivity index (χ3v) is 3.38. The smallest absolute Gasteiger partial charge is 0.355 e. The quantitative estimate of drug-likeness (QED) is 0.561. The molecule has 0 fully saturated rings. The lowest BCUT2D eigenvalue weighted by Crippen LogP contribution is -2.08. The largest absolute Gasteiger partial charge is 0.417 e. The molecular weight excluding hydrogens is 352 g/mol. The average molecular weight is 361 g/mol. The number of benzene rings is 2. The summed E-state index contributed by atoms with van der Waals surface area (Å²) in [6.07, 6.45) is -3.57. The minimum atomic E-state index is -4.52. The summed E-state index contributed by atoms with van der Waals surface area (Å²) in [5, 5.41) is 10.0. The topological polar surface area (TPSA) is 35.9 Å². The van der Waals surface area contributed by atoms with E-state index in [-0.39, 0.29) is 15.7 Å². The van der Waals surface area contributed by atoms with Crippen molar-refractivity contribution in [2.24, 2.45) is 0 Å². The Balaban J connectivity index is 2.46. The van der Waals surface area contributed by atoms with Gasteiger partial charge in [0.2, 0.25) is 0 Å². The SMILES string of the molecule is N=Cc1cc(Br)c(C(F)(F)F)cc1Nc1ccc(F)cc1. The van der Waals surface area contributed by atoms with E-state index in [1.165, 1.54) is 30.3 Å². The van der Waals surface area contributed by atoms with Gasteiger partial charge in [0.1, 0.15) is 5.82 Å². The molecule has 0 heterocycles. The van der Waals surface area contributed by atoms with Gasteiger partial charge in [-0.2, -0.15) is 13.2 Å². The van der Waals surface area contributed by atoms with Crippen molar-refractivity contribution in [1.82, 2.24) is 0 Å². The van der Waals surface area contributed by atoms with Crippen molar-refractivity contribution >= 4 is 33.5 Å². The highest BCUT2D eigenvalue weighted by atomic mass is 79.9. The van der Waals surface area contributed by atoms with Crippen LogP contribution < -0.4 is 5.32 Å². The van der Waals surface area contributed by atoms with Crippen molar-refractivity contribution < 1.29 is 17.6 Å². The molecule has 0 aliphatic heterocycles. The fourth-order valence-corrected chi connectivity index (χ4v) is 2.31. The number of hydrogen-bond donors (Lipinski definition) is 2. The van der Waals surface area contributed by atoms with E-state index >= 15 is 0 Å². The molecule has 0 amide bonds. The molecule has 21 heavy (non-hydrogen) atoms. The first-order chi connectivity index (χ1) is 9.81. The fraction of sp³-hybridized carbons (Fsp3) is 0.0714. The summed E-state index contributed by atoms with van der Waals surface area (Å²) in [5.74, 6) is -0.445. The summed E-state index contributed by atoms with van der Waals surface area (Å²) in [6, 6.07) is 7.30. The molecule has 0 bridgehead atoms. The van der Waals surface area contributed by atoms with Crippen LogP contribution in [-0.4, -0.2) is 6.21 Å². The first kappa shape index (κ1) is 15.5. The van der Waals surface area contributed by atoms with Crippen LogP contribution in [0, 0.1) is 11.2 Å². The Kier molecular flexibility index (Phi) is 4.32. The van der Waals surface area contributed by atoms with Gasteiger partial charge >= 0.3 is 6.18 Å². The van der Waals surface area contributed by atoms with E-state index in [0.29, 0.717) is 5.69 Å². The highest BCUT2D eigenvalue weighted by Crippen LogP contribution is 2.38. The summed E-state index contributed by atoms with van der Waals surface area (Å²) in [6.45, 7) is 0. The number of nitrogens with one attached hydrogen (secondary N) is 2. The van der Waals surface area contributed by atoms with Crippen LogP contribution in [-0.2, 0) is 6.18 Å². The van der Waals surface area contributed by atoms with Crippen molar-refractivity contribution in [2.75, 3.05) is 5.32 Å². The Morgan fingerprint density at radius 3 is 2.24 bits per heavy atom. The summed E-state index contributed by atoms with van der Waals surface area (Å²) in [7, 11) is 0. The molecular formula is C14H9BrF4N2. The summed E-state index contributed by atoms with van der Waals surface area (Å²) >= 11 is 2.85. The maximum absolute atomic E-state index is 12.9. The first-order valence-corrected chi connectivity index (χ1v) is 6.54. The maximum atomic E-state index is 12.9. The van der Waals surface area contributed by atoms with Gasteiger partial charge < -0.3 is 10.7 Å². The molecule has 0 spiro atoms. The van der Waals surface area contributed by atoms with Crippen LogP contribution >= 0.6 is 15.9 Å². The molecule has 7 heteroatoms. The minimum absolute atomic E-state index is 0.118. The summed E-state index contributed by atoms with van der Waals surface area (Å²) in [5.41, 5.74) is -0.0287. The predicted molar refractivity (Wildman–Crippen MR) is 76.7 cm³/mol. The van der Waals surface area contributed by atoms with E-state index in [2.05, 4.69) is 21.2 Å². The molecule has 0 saturated carbocycles. The molecule has 0 unspecified atom stereocenters. The van der Waals surface area contributed by atoms with E-state index in [1.807, 2.05) is 0 Å². The van der Waals surface area contributed by atoms with Crippen LogP contribution in [0.2, 0.25) is 0 Å². The van der Waals surface area contributed by atoms with Crippen LogP contribution in [0.3, 0.4) is 0 Å². The second-order valence-corrected chi connectivity index (χ2v) is 5.05. The summed E-state index contributed by atoms with van der Waals surface area (Å²) in [4.78, 5) is 0. The number of halogens is 5. The van der Waals surface area contributed by atoms with Crippen molar-refractivity contribution in [3.05, 3.63) is 57.8 Å². The normalized spacial score (nSPS) is 11.3. The number of hydrogen-bond acceptors (Lipinski definition) is 2. The Bertz CT molecular complexity index is 666. The highest BCUT2D eigenvalue weighted by molar-refractivity contribution is 9.10. The van der Waals surface area contributed by atoms with Crippen LogP contribution in [0.5, 0.6) is 0 Å². The van der Waals surface area contributed by atoms with Crippen LogP contribution in [0.25, 0.3) is 0 Å². The van der Waals surface area contributed by atoms with Gasteiger partial charge in [-0.3, -0.25) is 0 Å². The molecule has 110 valence electrons. The van der Waals surface area contributed by atoms with Gasteiger partial charge in [0.15, 0.2) is 0 Å². The maximum Gasteiger partial charge on any atom is 0.417 e. The summed E-state index contributed by atoms with van der Waals surface area (Å²) < 4.78 is 51.4. The molecule has 2 aromatic carbocycles. The zero-order valence-electron chi connectivity index (χ0n) is 10.4. The molecule has 0 radical (unpaired) electrons. The molecule has 0 saturated heterocycles. The molecule has 0 atom stereocenters. The Morgan fingerprint density at radius 2 is 1.71 bits per heavy atom. The molecule has 2 N–H and O–H groups in total. The van der Waals surface area contributed by atoms with Crippen LogP contribution in [0.4, 0.5) is 28.9 Å². The fourth-order valence-electron chi connectivity index (χ4n) is 1.72. The predicted octanol–water partition coefficient (Wildman–Crippen LogP) is 5.35. The van der Waals surface area contributed by atoms with Gasteiger partial charge in [-0.25, -0.2) is 4.39 Å². The van der Waals surface area contributed by atoms with Gasteiger partial charge in [0, 0.05) is 27.6 Å². The minimum Gasteiger partial charge on any atom is -0.355 e. The number of anilines is 2. The van der Waals surface area contributed by atoms with E-state index < -0.39 is 17.6 Å². The molecule has 0 aromatic heterocycles. The molecule has 2 aromatic rings. The lowest BCUT2D eigenvalue weighted by molar-refractivity contribution is -0.138. The molecule has 2 rings (SSSR count). The van der Waals surface area contributed by atoms with Crippen molar-refractivity contribution in [2.45, 2.75) is 6.18 Å². The van der Waals surface area contributed by atoms with E-state index in [4.69, 9.17) is 5.41 Å². The van der Waals surface area contributed by atoms with Gasteiger partial charge in [-0.1, -0.05) is 15.9 Å². The molecule has 0 aliphatic carbocycles. The van der Waals surface area contributed by atoms with Crippen molar-refractivity contribution in [1.29, 1.82) is 5.41 Å². The van der Waals surface area contributed by atoms with Crippen LogP contribution in [0.1, 0.15) is 11.1 Å². The lowest BCUT2D eigenvalue weighted by atomic mass is 10.1. The Labute approximate surface area is 126 Å². The lowest BCUT2D eigenvalue weighted by Gasteiger charge is -2.15. The third kappa shape index (κ3) is 3.60. The Hall–Kier alpha value is -1.89. The standard InChI is InChI=1S/C14H9BrF4N2/c15-12-5-8(7-20)13(6-11(12)14(17,18)19)21-10-3-1-9(16)2-4-10/h1-7,20-21H. The Morgan fingerprint density at radius 1 is 1.10 bits per heavy atom. The second-order valence-electron chi connectivity index (χ2n) is 4.19. The van der Waals surface area contributed by atoms with Gasteiger partial charge in [-0.05, 0) is 36.4 Å². The van der Waals surface area contributed by atoms with Gasteiger partial charge in [-0.15, -0.1) is 0 Å². The highest BCUT2D eigenvalue weighted by Gasteiger charge is 2.33. The monoisotopic (exact) mass is 360 g/mol. The van der Waals surface area contributed by atoms with Crippen LogP contribution in [0.15, 0.2) is 40.9 Å². The number of alkyl halides is 3. The van der Waals surface area contributed by atoms with E-state index in [9.17, 15) is 17.6 Å². The van der Waals surface area contributed by atoms with E-state index in [0.717, 1.165) is 12.3 Å². The third-order valence-electron chi connectivity index (χ3n) is 2.72. The van der Waals surface area contributed by atoms with Crippen molar-refractivity contribution in [3.63, 3.8) is 0 Å². The number of rotatable bonds is 3. The molecule has 0 aliphatic rings. The van der Waals surface area contributed by atoms with Gasteiger partial charge in [0.25, 0.3) is 0 Å². The zero-order valence-corrected chi connectivity index (χ0v) is 12.0.